The second-order valence-electron chi connectivity index (χ2n) is 6.99. The maximum atomic E-state index is 13.4. The molecule has 2 aliphatic heterocycles. The van der Waals surface area contributed by atoms with E-state index >= 15 is 0 Å². The fourth-order valence-electron chi connectivity index (χ4n) is 3.51. The molecule has 3 atom stereocenters. The third kappa shape index (κ3) is 3.93. The summed E-state index contributed by atoms with van der Waals surface area (Å²) in [7, 11) is 0. The highest BCUT2D eigenvalue weighted by atomic mass is 32.2. The number of carbonyl (C=O) groups excluding carboxylic acids is 2. The van der Waals surface area contributed by atoms with Gasteiger partial charge in [0.25, 0.3) is 5.91 Å². The Morgan fingerprint density at radius 2 is 2.03 bits per heavy atom. The van der Waals surface area contributed by atoms with Gasteiger partial charge in [-0.25, -0.2) is 9.78 Å². The largest absolute Gasteiger partial charge is 0.480 e. The highest BCUT2D eigenvalue weighted by molar-refractivity contribution is 8.00. The van der Waals surface area contributed by atoms with E-state index in [1.165, 1.54) is 40.2 Å². The summed E-state index contributed by atoms with van der Waals surface area (Å²) in [5.74, 6) is -2.33. The Kier molecular flexibility index (Phi) is 5.63. The van der Waals surface area contributed by atoms with Gasteiger partial charge in [0.15, 0.2) is 5.13 Å². The van der Waals surface area contributed by atoms with Gasteiger partial charge in [-0.1, -0.05) is 18.2 Å². The summed E-state index contributed by atoms with van der Waals surface area (Å²) in [6.45, 7) is 0. The summed E-state index contributed by atoms with van der Waals surface area (Å²) in [6.07, 6.45) is -3.60. The van der Waals surface area contributed by atoms with Crippen molar-refractivity contribution in [1.29, 1.82) is 0 Å². The van der Waals surface area contributed by atoms with Crippen molar-refractivity contribution in [3.05, 3.63) is 46.5 Å². The Morgan fingerprint density at radius 1 is 1.31 bits per heavy atom. The number of carboxylic acids is 1. The lowest BCUT2D eigenvalue weighted by Gasteiger charge is -2.43. The molecule has 0 bridgehead atoms. The number of hydrogen-bond acceptors (Lipinski definition) is 7. The SMILES string of the molecule is Nc1nc(/C(=C/c2ccccc2C(F)(F)F)C(=O)NC2C(=O)N3C(C(=O)O)CS[C@@H]23)cs1. The van der Waals surface area contributed by atoms with Gasteiger partial charge in [0.2, 0.25) is 5.91 Å². The predicted octanol–water partition coefficient (Wildman–Crippen LogP) is 2.14. The van der Waals surface area contributed by atoms with Crippen LogP contribution in [0.3, 0.4) is 0 Å². The number of aliphatic carboxylic acids is 1. The van der Waals surface area contributed by atoms with Crippen molar-refractivity contribution >= 4 is 57.7 Å². The molecule has 2 unspecified atom stereocenters. The number of nitrogens with zero attached hydrogens (tertiary/aromatic N) is 2. The van der Waals surface area contributed by atoms with E-state index in [1.807, 2.05) is 0 Å². The number of carboxylic acid groups (broad SMARTS) is 1. The third-order valence-electron chi connectivity index (χ3n) is 5.02. The van der Waals surface area contributed by atoms with E-state index in [0.29, 0.717) is 0 Å². The van der Waals surface area contributed by atoms with Gasteiger partial charge in [-0.05, 0) is 17.7 Å². The minimum Gasteiger partial charge on any atom is -0.480 e. The van der Waals surface area contributed by atoms with Gasteiger partial charge in [-0.2, -0.15) is 13.2 Å². The summed E-state index contributed by atoms with van der Waals surface area (Å²) >= 11 is 2.22. The van der Waals surface area contributed by atoms with Gasteiger partial charge in [0.1, 0.15) is 17.5 Å². The monoisotopic (exact) mass is 484 g/mol. The van der Waals surface area contributed by atoms with Crippen LogP contribution in [0, 0.1) is 0 Å². The summed E-state index contributed by atoms with van der Waals surface area (Å²) in [5, 5.41) is 12.7. The van der Waals surface area contributed by atoms with Crippen LogP contribution in [-0.2, 0) is 20.6 Å². The molecule has 0 saturated carbocycles. The van der Waals surface area contributed by atoms with E-state index in [-0.39, 0.29) is 27.7 Å². The van der Waals surface area contributed by atoms with E-state index < -0.39 is 47.0 Å². The maximum Gasteiger partial charge on any atom is 0.416 e. The molecule has 0 spiro atoms. The van der Waals surface area contributed by atoms with Crippen molar-refractivity contribution in [3.63, 3.8) is 0 Å². The lowest BCUT2D eigenvalue weighted by molar-refractivity contribution is -0.158. The number of β-lactam (4-membered cyclic amide) rings is 1. The molecule has 2 aliphatic rings. The number of anilines is 1. The Morgan fingerprint density at radius 3 is 2.66 bits per heavy atom. The molecule has 1 aromatic heterocycles. The number of thioether (sulfide) groups is 1. The Labute approximate surface area is 187 Å². The number of alkyl halides is 3. The molecule has 2 amide bonds. The first-order valence-corrected chi connectivity index (χ1v) is 11.1. The van der Waals surface area contributed by atoms with Gasteiger partial charge in [-0.15, -0.1) is 23.1 Å². The summed E-state index contributed by atoms with van der Waals surface area (Å²) in [5.41, 5.74) is 4.31. The van der Waals surface area contributed by atoms with Gasteiger partial charge in [-0.3, -0.25) is 9.59 Å². The van der Waals surface area contributed by atoms with Gasteiger partial charge < -0.3 is 21.1 Å². The second kappa shape index (κ2) is 8.13. The Bertz CT molecular complexity index is 1130. The lowest BCUT2D eigenvalue weighted by Crippen LogP contribution is -2.70. The molecule has 2 saturated heterocycles. The van der Waals surface area contributed by atoms with Gasteiger partial charge in [0.05, 0.1) is 16.8 Å². The Hall–Kier alpha value is -3.06. The van der Waals surface area contributed by atoms with E-state index in [1.54, 1.807) is 0 Å². The highest BCUT2D eigenvalue weighted by Crippen LogP contribution is 2.40. The molecule has 2 fully saturated rings. The average Bonchev–Trinajstić information content (AvgIpc) is 3.33. The number of fused-ring (bicyclic) bond motifs is 1. The average molecular weight is 484 g/mol. The van der Waals surface area contributed by atoms with Crippen LogP contribution in [0.5, 0.6) is 0 Å². The number of nitrogens with two attached hydrogens (primary N) is 1. The molecule has 3 heterocycles. The smallest absolute Gasteiger partial charge is 0.416 e. The quantitative estimate of drug-likeness (QED) is 0.439. The molecule has 32 heavy (non-hydrogen) atoms. The van der Waals surface area contributed by atoms with Crippen molar-refractivity contribution < 1.29 is 32.7 Å². The van der Waals surface area contributed by atoms with Crippen molar-refractivity contribution in [2.75, 3.05) is 11.5 Å². The summed E-state index contributed by atoms with van der Waals surface area (Å²) in [6, 6.07) is 2.78. The summed E-state index contributed by atoms with van der Waals surface area (Å²) < 4.78 is 40.2. The second-order valence-corrected chi connectivity index (χ2v) is 9.03. The first-order chi connectivity index (χ1) is 15.1. The molecule has 2 aromatic rings. The number of rotatable bonds is 5. The number of nitrogen functional groups attached to an aromatic ring is 1. The fourth-order valence-corrected chi connectivity index (χ4v) is 5.54. The number of nitrogens with one attached hydrogen (secondary N) is 1. The van der Waals surface area contributed by atoms with Crippen LogP contribution in [0.4, 0.5) is 18.3 Å². The van der Waals surface area contributed by atoms with Crippen LogP contribution in [0.2, 0.25) is 0 Å². The summed E-state index contributed by atoms with van der Waals surface area (Å²) in [4.78, 5) is 41.9. The predicted molar refractivity (Wildman–Crippen MR) is 112 cm³/mol. The number of carbonyl (C=O) groups is 3. The molecule has 0 aliphatic carbocycles. The zero-order valence-corrected chi connectivity index (χ0v) is 17.6. The molecular formula is C19H15F3N4O4S2. The number of halogens is 3. The van der Waals surface area contributed by atoms with Crippen LogP contribution in [-0.4, -0.2) is 56.0 Å². The number of aromatic nitrogens is 1. The van der Waals surface area contributed by atoms with Crippen molar-refractivity contribution in [1.82, 2.24) is 15.2 Å². The van der Waals surface area contributed by atoms with Crippen molar-refractivity contribution in [3.8, 4) is 0 Å². The molecular weight excluding hydrogens is 469 g/mol. The normalized spacial score (nSPS) is 23.0. The van der Waals surface area contributed by atoms with E-state index in [2.05, 4.69) is 10.3 Å². The van der Waals surface area contributed by atoms with E-state index in [9.17, 15) is 32.7 Å². The topological polar surface area (TPSA) is 126 Å². The molecule has 4 N–H and O–H groups in total. The van der Waals surface area contributed by atoms with E-state index in [4.69, 9.17) is 5.73 Å². The highest BCUT2D eigenvalue weighted by Gasteiger charge is 2.57. The maximum absolute atomic E-state index is 13.4. The zero-order chi connectivity index (χ0) is 23.2. The van der Waals surface area contributed by atoms with Crippen LogP contribution < -0.4 is 11.1 Å². The van der Waals surface area contributed by atoms with E-state index in [0.717, 1.165) is 23.5 Å². The van der Waals surface area contributed by atoms with Gasteiger partial charge >= 0.3 is 12.1 Å². The fraction of sp³-hybridized carbons (Fsp3) is 0.263. The molecule has 13 heteroatoms. The van der Waals surface area contributed by atoms with Gasteiger partial charge in [0, 0.05) is 11.1 Å². The number of benzene rings is 1. The van der Waals surface area contributed by atoms with Crippen LogP contribution in [0.25, 0.3) is 11.6 Å². The molecule has 0 radical (unpaired) electrons. The molecule has 1 aromatic carbocycles. The van der Waals surface area contributed by atoms with Crippen LogP contribution in [0.1, 0.15) is 16.8 Å². The first kappa shape index (κ1) is 22.1. The van der Waals surface area contributed by atoms with Crippen LogP contribution >= 0.6 is 23.1 Å². The minimum absolute atomic E-state index is 0.0630. The lowest BCUT2D eigenvalue weighted by atomic mass is 10.0. The molecule has 4 rings (SSSR count). The third-order valence-corrected chi connectivity index (χ3v) is 7.04. The standard InChI is InChI=1S/C19H15F3N4O4S2/c20-19(21,22)10-4-2-1-3-8(10)5-9(11-6-32-18(23)24-11)14(27)25-13-15(28)26-12(17(29)30)7-31-16(13)26/h1-6,12-13,16H,7H2,(H2,23,24)(H,25,27)(H,29,30)/b9-5-/t12?,13?,16-/m0/s1. The van der Waals surface area contributed by atoms with Crippen LogP contribution in [0.15, 0.2) is 29.6 Å². The minimum atomic E-state index is -4.65. The number of hydrogen-bond donors (Lipinski definition) is 3. The molecule has 168 valence electrons. The number of thiazole rings is 1. The molecule has 8 nitrogen and oxygen atoms in total. The van der Waals surface area contributed by atoms with Crippen molar-refractivity contribution in [2.24, 2.45) is 0 Å². The number of amides is 2. The Balaban J connectivity index is 1.65. The first-order valence-electron chi connectivity index (χ1n) is 9.14. The van der Waals surface area contributed by atoms with Crippen molar-refractivity contribution in [2.45, 2.75) is 23.6 Å². The zero-order valence-electron chi connectivity index (χ0n) is 16.0.